The SMILES string of the molecule is N#Cc1c(N2CCCCC2)c2ccccc2n2nnnc12. The highest BCUT2D eigenvalue weighted by molar-refractivity contribution is 5.98. The molecule has 1 aliphatic rings. The van der Waals surface area contributed by atoms with Crippen molar-refractivity contribution in [1.29, 1.82) is 5.26 Å². The number of tetrazole rings is 1. The Morgan fingerprint density at radius 2 is 1.90 bits per heavy atom. The number of nitrogens with zero attached hydrogens (tertiary/aromatic N) is 6. The molecule has 6 nitrogen and oxygen atoms in total. The van der Waals surface area contributed by atoms with Gasteiger partial charge in [-0.05, 0) is 35.8 Å². The summed E-state index contributed by atoms with van der Waals surface area (Å²) in [5.41, 5.74) is 3.03. The molecule has 21 heavy (non-hydrogen) atoms. The number of piperidine rings is 1. The number of hydrogen-bond acceptors (Lipinski definition) is 5. The first-order valence-electron chi connectivity index (χ1n) is 7.18. The van der Waals surface area contributed by atoms with Crippen LogP contribution in [0, 0.1) is 11.3 Å². The summed E-state index contributed by atoms with van der Waals surface area (Å²) in [6.45, 7) is 1.97. The fourth-order valence-electron chi connectivity index (χ4n) is 3.15. The summed E-state index contributed by atoms with van der Waals surface area (Å²) in [6.07, 6.45) is 3.58. The summed E-state index contributed by atoms with van der Waals surface area (Å²) >= 11 is 0. The van der Waals surface area contributed by atoms with Crippen molar-refractivity contribution in [3.63, 3.8) is 0 Å². The van der Waals surface area contributed by atoms with Crippen LogP contribution in [0.5, 0.6) is 0 Å². The zero-order valence-electron chi connectivity index (χ0n) is 11.5. The number of hydrogen-bond donors (Lipinski definition) is 0. The van der Waals surface area contributed by atoms with Gasteiger partial charge >= 0.3 is 0 Å². The number of anilines is 1. The molecule has 0 spiro atoms. The van der Waals surface area contributed by atoms with Crippen LogP contribution in [0.1, 0.15) is 24.8 Å². The first-order valence-corrected chi connectivity index (χ1v) is 7.18. The van der Waals surface area contributed by atoms with E-state index in [1.807, 2.05) is 24.3 Å². The van der Waals surface area contributed by atoms with Gasteiger partial charge in [-0.15, -0.1) is 5.10 Å². The Bertz CT molecular complexity index is 854. The summed E-state index contributed by atoms with van der Waals surface area (Å²) in [6, 6.07) is 10.3. The quantitative estimate of drug-likeness (QED) is 0.682. The van der Waals surface area contributed by atoms with E-state index in [2.05, 4.69) is 26.5 Å². The molecule has 1 fully saturated rings. The van der Waals surface area contributed by atoms with Gasteiger partial charge in [-0.3, -0.25) is 0 Å². The van der Waals surface area contributed by atoms with Crippen LogP contribution in [0.2, 0.25) is 0 Å². The van der Waals surface area contributed by atoms with E-state index in [1.165, 1.54) is 6.42 Å². The molecule has 3 aromatic rings. The minimum Gasteiger partial charge on any atom is -0.370 e. The molecule has 0 atom stereocenters. The minimum atomic E-state index is 0.539. The summed E-state index contributed by atoms with van der Waals surface area (Å²) in [4.78, 5) is 2.30. The predicted octanol–water partition coefficient (Wildman–Crippen LogP) is 2.14. The van der Waals surface area contributed by atoms with Crippen molar-refractivity contribution in [3.05, 3.63) is 29.8 Å². The lowest BCUT2D eigenvalue weighted by Crippen LogP contribution is -2.30. The van der Waals surface area contributed by atoms with Gasteiger partial charge in [-0.2, -0.15) is 9.78 Å². The molecule has 0 unspecified atom stereocenters. The summed E-state index contributed by atoms with van der Waals surface area (Å²) in [7, 11) is 0. The maximum Gasteiger partial charge on any atom is 0.199 e. The van der Waals surface area contributed by atoms with Crippen molar-refractivity contribution in [2.75, 3.05) is 18.0 Å². The average Bonchev–Trinajstić information content (AvgIpc) is 3.04. The predicted molar refractivity (Wildman–Crippen MR) is 79.1 cm³/mol. The van der Waals surface area contributed by atoms with Crippen LogP contribution in [0.25, 0.3) is 16.6 Å². The van der Waals surface area contributed by atoms with Crippen molar-refractivity contribution in [1.82, 2.24) is 20.0 Å². The van der Waals surface area contributed by atoms with E-state index >= 15 is 0 Å². The third-order valence-corrected chi connectivity index (χ3v) is 4.10. The number of benzene rings is 1. The molecule has 104 valence electrons. The van der Waals surface area contributed by atoms with Crippen LogP contribution in [0.15, 0.2) is 24.3 Å². The molecule has 0 aliphatic carbocycles. The molecule has 1 aromatic carbocycles. The van der Waals surface area contributed by atoms with Gasteiger partial charge in [0.25, 0.3) is 0 Å². The van der Waals surface area contributed by atoms with Crippen LogP contribution in [-0.4, -0.2) is 33.1 Å². The van der Waals surface area contributed by atoms with Crippen molar-refractivity contribution in [3.8, 4) is 6.07 Å². The summed E-state index contributed by atoms with van der Waals surface area (Å²) < 4.78 is 1.65. The molecule has 1 aliphatic heterocycles. The van der Waals surface area contributed by atoms with Crippen LogP contribution in [-0.2, 0) is 0 Å². The molecule has 2 aromatic heterocycles. The van der Waals surface area contributed by atoms with E-state index in [9.17, 15) is 5.26 Å². The van der Waals surface area contributed by atoms with Crippen LogP contribution in [0.4, 0.5) is 5.69 Å². The highest BCUT2D eigenvalue weighted by Crippen LogP contribution is 2.34. The van der Waals surface area contributed by atoms with Crippen LogP contribution in [0.3, 0.4) is 0 Å². The van der Waals surface area contributed by atoms with E-state index in [0.717, 1.165) is 42.5 Å². The fourth-order valence-corrected chi connectivity index (χ4v) is 3.15. The highest BCUT2D eigenvalue weighted by atomic mass is 15.5. The van der Waals surface area contributed by atoms with Crippen molar-refractivity contribution < 1.29 is 0 Å². The Morgan fingerprint density at radius 3 is 2.71 bits per heavy atom. The molecule has 0 radical (unpaired) electrons. The average molecular weight is 278 g/mol. The maximum atomic E-state index is 9.64. The van der Waals surface area contributed by atoms with Gasteiger partial charge in [-0.1, -0.05) is 18.2 Å². The first-order chi connectivity index (χ1) is 10.4. The zero-order chi connectivity index (χ0) is 14.2. The number of para-hydroxylation sites is 1. The summed E-state index contributed by atoms with van der Waals surface area (Å²) in [5, 5.41) is 22.5. The topological polar surface area (TPSA) is 70.1 Å². The molecule has 0 N–H and O–H groups in total. The molecule has 6 heteroatoms. The molecule has 0 saturated carbocycles. The zero-order valence-corrected chi connectivity index (χ0v) is 11.5. The van der Waals surface area contributed by atoms with Crippen molar-refractivity contribution in [2.45, 2.75) is 19.3 Å². The third kappa shape index (κ3) is 1.74. The van der Waals surface area contributed by atoms with E-state index in [1.54, 1.807) is 4.52 Å². The maximum absolute atomic E-state index is 9.64. The lowest BCUT2D eigenvalue weighted by atomic mass is 10.0. The van der Waals surface area contributed by atoms with Crippen molar-refractivity contribution >= 4 is 22.2 Å². The Hall–Kier alpha value is -2.68. The molecule has 0 amide bonds. The summed E-state index contributed by atoms with van der Waals surface area (Å²) in [5.74, 6) is 0. The standard InChI is InChI=1S/C15H14N6/c16-10-12-14(20-8-4-1-5-9-20)11-6-2-3-7-13(11)21-15(12)17-18-19-21/h2-3,6-7H,1,4-5,8-9H2. The van der Waals surface area contributed by atoms with Gasteiger partial charge in [0.2, 0.25) is 0 Å². The van der Waals surface area contributed by atoms with E-state index in [4.69, 9.17) is 0 Å². The second kappa shape index (κ2) is 4.70. The first kappa shape index (κ1) is 12.1. The molecule has 1 saturated heterocycles. The molecular weight excluding hydrogens is 264 g/mol. The van der Waals surface area contributed by atoms with E-state index in [0.29, 0.717) is 11.2 Å². The Balaban J connectivity index is 2.11. The number of pyridine rings is 1. The molecule has 0 bridgehead atoms. The van der Waals surface area contributed by atoms with Gasteiger partial charge in [-0.25, -0.2) is 0 Å². The lowest BCUT2D eigenvalue weighted by Gasteiger charge is -2.30. The highest BCUT2D eigenvalue weighted by Gasteiger charge is 2.22. The Kier molecular flexibility index (Phi) is 2.71. The van der Waals surface area contributed by atoms with Crippen molar-refractivity contribution in [2.24, 2.45) is 0 Å². The number of aromatic nitrogens is 4. The normalized spacial score (nSPS) is 15.5. The van der Waals surface area contributed by atoms with E-state index < -0.39 is 0 Å². The van der Waals surface area contributed by atoms with Gasteiger partial charge in [0.1, 0.15) is 11.6 Å². The molecule has 4 rings (SSSR count). The van der Waals surface area contributed by atoms with Crippen LogP contribution >= 0.6 is 0 Å². The second-order valence-electron chi connectivity index (χ2n) is 5.31. The number of nitriles is 1. The monoisotopic (exact) mass is 278 g/mol. The molecule has 3 heterocycles. The van der Waals surface area contributed by atoms with Crippen LogP contribution < -0.4 is 4.90 Å². The van der Waals surface area contributed by atoms with Gasteiger partial charge in [0.05, 0.1) is 11.2 Å². The lowest BCUT2D eigenvalue weighted by molar-refractivity contribution is 0.578. The third-order valence-electron chi connectivity index (χ3n) is 4.10. The Morgan fingerprint density at radius 1 is 1.10 bits per heavy atom. The Labute approximate surface area is 121 Å². The van der Waals surface area contributed by atoms with Gasteiger partial charge < -0.3 is 4.90 Å². The minimum absolute atomic E-state index is 0.539. The van der Waals surface area contributed by atoms with E-state index in [-0.39, 0.29) is 0 Å². The van der Waals surface area contributed by atoms with Gasteiger partial charge in [0, 0.05) is 18.5 Å². The second-order valence-corrected chi connectivity index (χ2v) is 5.31. The molecular formula is C15H14N6. The number of fused-ring (bicyclic) bond motifs is 3. The largest absolute Gasteiger partial charge is 0.370 e. The smallest absolute Gasteiger partial charge is 0.199 e. The number of rotatable bonds is 1. The van der Waals surface area contributed by atoms with Gasteiger partial charge in [0.15, 0.2) is 5.65 Å². The fraction of sp³-hybridized carbons (Fsp3) is 0.333.